The van der Waals surface area contributed by atoms with E-state index in [1.807, 2.05) is 31.3 Å². The lowest BCUT2D eigenvalue weighted by atomic mass is 9.96. The van der Waals surface area contributed by atoms with Gasteiger partial charge in [0.25, 0.3) is 5.56 Å². The molecule has 1 aliphatic carbocycles. The minimum absolute atomic E-state index is 0.0103. The molecule has 0 fully saturated rings. The fourth-order valence-corrected chi connectivity index (χ4v) is 3.20. The van der Waals surface area contributed by atoms with Crippen molar-refractivity contribution in [1.82, 2.24) is 14.4 Å². The number of benzene rings is 1. The van der Waals surface area contributed by atoms with Crippen LogP contribution in [0.25, 0.3) is 16.7 Å². The second kappa shape index (κ2) is 4.55. The summed E-state index contributed by atoms with van der Waals surface area (Å²) < 4.78 is 1.71. The maximum Gasteiger partial charge on any atom is 0.267 e. The molecule has 21 heavy (non-hydrogen) atoms. The van der Waals surface area contributed by atoms with Crippen molar-refractivity contribution < 1.29 is 0 Å². The Hall–Kier alpha value is -2.43. The first-order chi connectivity index (χ1) is 10.3. The topological polar surface area (TPSA) is 59.3 Å². The molecule has 4 rings (SSSR count). The molecule has 2 aromatic heterocycles. The van der Waals surface area contributed by atoms with Crippen molar-refractivity contribution >= 4 is 22.5 Å². The Morgan fingerprint density at radius 1 is 1.14 bits per heavy atom. The highest BCUT2D eigenvalue weighted by molar-refractivity contribution is 5.79. The van der Waals surface area contributed by atoms with Crippen molar-refractivity contribution in [1.29, 1.82) is 0 Å². The zero-order valence-corrected chi connectivity index (χ0v) is 11.9. The van der Waals surface area contributed by atoms with E-state index in [1.165, 1.54) is 0 Å². The Kier molecular flexibility index (Phi) is 2.67. The van der Waals surface area contributed by atoms with Crippen molar-refractivity contribution in [3.8, 4) is 0 Å². The van der Waals surface area contributed by atoms with E-state index in [4.69, 9.17) is 0 Å². The third-order valence-electron chi connectivity index (χ3n) is 4.20. The van der Waals surface area contributed by atoms with Crippen LogP contribution < -0.4 is 10.9 Å². The molecule has 0 spiro atoms. The average molecular weight is 280 g/mol. The smallest absolute Gasteiger partial charge is 0.267 e. The highest BCUT2D eigenvalue weighted by Gasteiger charge is 2.20. The monoisotopic (exact) mass is 280 g/mol. The Bertz CT molecular complexity index is 913. The predicted molar refractivity (Wildman–Crippen MR) is 83.0 cm³/mol. The van der Waals surface area contributed by atoms with Gasteiger partial charge in [0.2, 0.25) is 5.78 Å². The van der Waals surface area contributed by atoms with E-state index in [0.717, 1.165) is 42.8 Å². The number of aromatic nitrogens is 3. The van der Waals surface area contributed by atoms with Crippen LogP contribution in [0.4, 0.5) is 5.82 Å². The molecule has 0 aliphatic heterocycles. The summed E-state index contributed by atoms with van der Waals surface area (Å²) in [5.74, 6) is 1.34. The first-order valence-corrected chi connectivity index (χ1v) is 7.30. The van der Waals surface area contributed by atoms with Crippen LogP contribution in [0.2, 0.25) is 0 Å². The van der Waals surface area contributed by atoms with Crippen LogP contribution in [-0.2, 0) is 12.8 Å². The van der Waals surface area contributed by atoms with Crippen LogP contribution in [0, 0.1) is 0 Å². The highest BCUT2D eigenvalue weighted by atomic mass is 16.1. The van der Waals surface area contributed by atoms with E-state index in [2.05, 4.69) is 15.3 Å². The van der Waals surface area contributed by atoms with E-state index in [0.29, 0.717) is 16.7 Å². The summed E-state index contributed by atoms with van der Waals surface area (Å²) in [6.07, 6.45) is 4.12. The van der Waals surface area contributed by atoms with Crippen LogP contribution in [0.1, 0.15) is 24.1 Å². The molecular formula is C16H16N4O. The second-order valence-electron chi connectivity index (χ2n) is 5.41. The van der Waals surface area contributed by atoms with Crippen molar-refractivity contribution in [3.05, 3.63) is 45.9 Å². The quantitative estimate of drug-likeness (QED) is 0.694. The Balaban J connectivity index is 2.21. The molecule has 1 N–H and O–H groups in total. The number of nitrogens with zero attached hydrogens (tertiary/aromatic N) is 3. The maximum absolute atomic E-state index is 12.8. The van der Waals surface area contributed by atoms with Gasteiger partial charge in [-0.2, -0.15) is 4.98 Å². The van der Waals surface area contributed by atoms with Crippen LogP contribution in [0.15, 0.2) is 29.1 Å². The molecule has 0 saturated heterocycles. The van der Waals surface area contributed by atoms with Crippen LogP contribution >= 0.6 is 0 Å². The molecule has 1 aromatic carbocycles. The molecular weight excluding hydrogens is 264 g/mol. The normalized spacial score (nSPS) is 14.3. The minimum atomic E-state index is -0.0103. The number of hydrogen-bond donors (Lipinski definition) is 1. The SMILES string of the molecule is CNc1nc2nc3ccccc3c(=O)n2c2c1CCCC2. The molecule has 5 nitrogen and oxygen atoms in total. The molecule has 0 saturated carbocycles. The average Bonchev–Trinajstić information content (AvgIpc) is 2.54. The number of hydrogen-bond acceptors (Lipinski definition) is 4. The van der Waals surface area contributed by atoms with Gasteiger partial charge in [-0.05, 0) is 37.8 Å². The zero-order chi connectivity index (χ0) is 14.4. The molecule has 0 radical (unpaired) electrons. The Morgan fingerprint density at radius 2 is 1.95 bits per heavy atom. The van der Waals surface area contributed by atoms with Gasteiger partial charge in [-0.15, -0.1) is 0 Å². The molecule has 1 aliphatic rings. The Labute approximate surface area is 121 Å². The van der Waals surface area contributed by atoms with Gasteiger partial charge in [-0.25, -0.2) is 9.38 Å². The fraction of sp³-hybridized carbons (Fsp3) is 0.312. The second-order valence-corrected chi connectivity index (χ2v) is 5.41. The van der Waals surface area contributed by atoms with Gasteiger partial charge in [0.15, 0.2) is 0 Å². The summed E-state index contributed by atoms with van der Waals surface area (Å²) in [4.78, 5) is 21.9. The van der Waals surface area contributed by atoms with Gasteiger partial charge in [0, 0.05) is 18.3 Å². The van der Waals surface area contributed by atoms with Crippen molar-refractivity contribution in [2.24, 2.45) is 0 Å². The number of nitrogens with one attached hydrogen (secondary N) is 1. The number of para-hydroxylation sites is 1. The Morgan fingerprint density at radius 3 is 2.81 bits per heavy atom. The third-order valence-corrected chi connectivity index (χ3v) is 4.20. The van der Waals surface area contributed by atoms with Gasteiger partial charge >= 0.3 is 0 Å². The summed E-state index contributed by atoms with van der Waals surface area (Å²) in [7, 11) is 1.87. The van der Waals surface area contributed by atoms with Crippen LogP contribution in [0.3, 0.4) is 0 Å². The molecule has 0 unspecified atom stereocenters. The van der Waals surface area contributed by atoms with E-state index in [9.17, 15) is 4.79 Å². The van der Waals surface area contributed by atoms with Gasteiger partial charge < -0.3 is 5.32 Å². The summed E-state index contributed by atoms with van der Waals surface area (Å²) in [5.41, 5.74) is 2.92. The molecule has 0 amide bonds. The molecule has 3 aromatic rings. The summed E-state index contributed by atoms with van der Waals surface area (Å²) in [6, 6.07) is 7.46. The summed E-state index contributed by atoms with van der Waals surface area (Å²) in [6.45, 7) is 0. The number of rotatable bonds is 1. The van der Waals surface area contributed by atoms with Gasteiger partial charge in [-0.1, -0.05) is 12.1 Å². The van der Waals surface area contributed by atoms with E-state index in [-0.39, 0.29) is 5.56 Å². The van der Waals surface area contributed by atoms with Gasteiger partial charge in [0.05, 0.1) is 10.9 Å². The molecule has 2 heterocycles. The molecule has 106 valence electrons. The predicted octanol–water partition coefficient (Wildman–Crippen LogP) is 2.16. The first kappa shape index (κ1) is 12.3. The van der Waals surface area contributed by atoms with Crippen molar-refractivity contribution in [2.75, 3.05) is 12.4 Å². The van der Waals surface area contributed by atoms with Crippen molar-refractivity contribution in [3.63, 3.8) is 0 Å². The molecule has 5 heteroatoms. The highest BCUT2D eigenvalue weighted by Crippen LogP contribution is 2.26. The molecule has 0 atom stereocenters. The maximum atomic E-state index is 12.8. The van der Waals surface area contributed by atoms with Gasteiger partial charge in [-0.3, -0.25) is 4.79 Å². The number of aryl methyl sites for hydroxylation is 1. The minimum Gasteiger partial charge on any atom is -0.373 e. The molecule has 0 bridgehead atoms. The lowest BCUT2D eigenvalue weighted by Crippen LogP contribution is -2.24. The van der Waals surface area contributed by atoms with Gasteiger partial charge in [0.1, 0.15) is 5.82 Å². The lowest BCUT2D eigenvalue weighted by Gasteiger charge is -2.21. The largest absolute Gasteiger partial charge is 0.373 e. The zero-order valence-electron chi connectivity index (χ0n) is 11.9. The van der Waals surface area contributed by atoms with Crippen LogP contribution in [0.5, 0.6) is 0 Å². The van der Waals surface area contributed by atoms with Crippen molar-refractivity contribution in [2.45, 2.75) is 25.7 Å². The fourth-order valence-electron chi connectivity index (χ4n) is 3.20. The van der Waals surface area contributed by atoms with E-state index in [1.54, 1.807) is 4.40 Å². The lowest BCUT2D eigenvalue weighted by molar-refractivity contribution is 0.652. The van der Waals surface area contributed by atoms with E-state index >= 15 is 0 Å². The first-order valence-electron chi connectivity index (χ1n) is 7.30. The number of fused-ring (bicyclic) bond motifs is 4. The van der Waals surface area contributed by atoms with E-state index < -0.39 is 0 Å². The standard InChI is InChI=1S/C16H16N4O/c1-17-14-11-7-3-5-9-13(11)20-15(21)10-6-2-4-8-12(10)18-16(20)19-14/h2,4,6,8H,3,5,7,9H2,1H3,(H,17,18,19). The number of anilines is 1. The van der Waals surface area contributed by atoms with Crippen LogP contribution in [-0.4, -0.2) is 21.4 Å². The summed E-state index contributed by atoms with van der Waals surface area (Å²) in [5, 5.41) is 3.80. The summed E-state index contributed by atoms with van der Waals surface area (Å²) >= 11 is 0. The third kappa shape index (κ3) is 1.73.